The average Bonchev–Trinajstić information content (AvgIpc) is 2.89. The molecule has 1 heterocycles. The highest BCUT2D eigenvalue weighted by molar-refractivity contribution is 5.74. The van der Waals surface area contributed by atoms with Gasteiger partial charge in [0.15, 0.2) is 0 Å². The first-order chi connectivity index (χ1) is 13.2. The Kier molecular flexibility index (Phi) is 6.71. The Labute approximate surface area is 161 Å². The van der Waals surface area contributed by atoms with Gasteiger partial charge in [-0.05, 0) is 36.6 Å². The molecule has 5 heteroatoms. The zero-order chi connectivity index (χ0) is 19.1. The van der Waals surface area contributed by atoms with Crippen LogP contribution < -0.4 is 10.1 Å². The van der Waals surface area contributed by atoms with Crippen LogP contribution in [0.5, 0.6) is 5.75 Å². The molecule has 0 saturated carbocycles. The van der Waals surface area contributed by atoms with Crippen LogP contribution in [0.4, 0.5) is 4.79 Å². The van der Waals surface area contributed by atoms with E-state index in [-0.39, 0.29) is 6.03 Å². The number of ether oxygens (including phenoxy) is 2. The molecule has 0 radical (unpaired) electrons. The molecule has 0 spiro atoms. The third-order valence-corrected chi connectivity index (χ3v) is 4.58. The van der Waals surface area contributed by atoms with Crippen LogP contribution in [-0.4, -0.2) is 30.6 Å². The number of nitrogens with one attached hydrogen (secondary N) is 1. The van der Waals surface area contributed by atoms with Gasteiger partial charge in [-0.3, -0.25) is 0 Å². The van der Waals surface area contributed by atoms with E-state index in [1.54, 1.807) is 4.90 Å². The second kappa shape index (κ2) is 9.42. The number of aryl methyl sites for hydroxylation is 1. The van der Waals surface area contributed by atoms with Crippen molar-refractivity contribution < 1.29 is 14.3 Å². The lowest BCUT2D eigenvalue weighted by Crippen LogP contribution is -2.40. The molecular formula is C22H28N2O3. The minimum Gasteiger partial charge on any atom is -0.491 e. The van der Waals surface area contributed by atoms with Crippen molar-refractivity contribution in [1.29, 1.82) is 0 Å². The van der Waals surface area contributed by atoms with Crippen LogP contribution >= 0.6 is 0 Å². The first kappa shape index (κ1) is 19.2. The van der Waals surface area contributed by atoms with Crippen LogP contribution in [-0.2, 0) is 24.5 Å². The van der Waals surface area contributed by atoms with Crippen molar-refractivity contribution in [2.45, 2.75) is 40.0 Å². The standard InChI is InChI=1S/C22H28N2O3/c1-3-10-23-22(25)24-11-12-27-21-9-8-19(13-20(21)14-24)16-26-15-18-6-4-17(2)5-7-18/h4-9,13H,3,10-12,14-16H2,1-2H3,(H,23,25). The van der Waals surface area contributed by atoms with E-state index in [1.165, 1.54) is 5.56 Å². The van der Waals surface area contributed by atoms with Gasteiger partial charge in [0.2, 0.25) is 0 Å². The maximum atomic E-state index is 12.3. The van der Waals surface area contributed by atoms with Gasteiger partial charge in [0.1, 0.15) is 12.4 Å². The quantitative estimate of drug-likeness (QED) is 0.838. The first-order valence-electron chi connectivity index (χ1n) is 9.56. The second-order valence-electron chi connectivity index (χ2n) is 6.92. The molecule has 1 aliphatic heterocycles. The maximum Gasteiger partial charge on any atom is 0.317 e. The molecule has 3 rings (SSSR count). The van der Waals surface area contributed by atoms with Crippen molar-refractivity contribution in [1.82, 2.24) is 10.2 Å². The third kappa shape index (κ3) is 5.47. The van der Waals surface area contributed by atoms with Crippen molar-refractivity contribution in [3.8, 4) is 5.75 Å². The van der Waals surface area contributed by atoms with Crippen LogP contribution in [0.3, 0.4) is 0 Å². The van der Waals surface area contributed by atoms with Crippen molar-refractivity contribution in [3.63, 3.8) is 0 Å². The van der Waals surface area contributed by atoms with E-state index in [0.717, 1.165) is 28.9 Å². The lowest BCUT2D eigenvalue weighted by atomic mass is 10.1. The Bertz CT molecular complexity index is 759. The molecule has 0 aromatic heterocycles. The van der Waals surface area contributed by atoms with Gasteiger partial charge in [-0.15, -0.1) is 0 Å². The van der Waals surface area contributed by atoms with Gasteiger partial charge < -0.3 is 19.7 Å². The topological polar surface area (TPSA) is 50.8 Å². The number of rotatable bonds is 6. The van der Waals surface area contributed by atoms with E-state index in [0.29, 0.717) is 39.5 Å². The monoisotopic (exact) mass is 368 g/mol. The van der Waals surface area contributed by atoms with E-state index in [9.17, 15) is 4.79 Å². The summed E-state index contributed by atoms with van der Waals surface area (Å²) in [6.07, 6.45) is 0.926. The Morgan fingerprint density at radius 3 is 2.67 bits per heavy atom. The number of nitrogens with zero attached hydrogens (tertiary/aromatic N) is 1. The van der Waals surface area contributed by atoms with Gasteiger partial charge in [0.05, 0.1) is 26.3 Å². The highest BCUT2D eigenvalue weighted by atomic mass is 16.5. The lowest BCUT2D eigenvalue weighted by molar-refractivity contribution is 0.107. The van der Waals surface area contributed by atoms with Crippen LogP contribution in [0.15, 0.2) is 42.5 Å². The summed E-state index contributed by atoms with van der Waals surface area (Å²) in [6, 6.07) is 14.4. The van der Waals surface area contributed by atoms with E-state index in [2.05, 4.69) is 42.6 Å². The van der Waals surface area contributed by atoms with Crippen LogP contribution in [0.1, 0.15) is 35.6 Å². The summed E-state index contributed by atoms with van der Waals surface area (Å²) in [6.45, 7) is 7.58. The number of benzene rings is 2. The number of urea groups is 1. The molecule has 2 amide bonds. The van der Waals surface area contributed by atoms with Gasteiger partial charge >= 0.3 is 6.03 Å². The number of carbonyl (C=O) groups is 1. The SMILES string of the molecule is CCCNC(=O)N1CCOc2ccc(COCc3ccc(C)cc3)cc2C1. The first-order valence-corrected chi connectivity index (χ1v) is 9.56. The van der Waals surface area contributed by atoms with Crippen LogP contribution in [0.2, 0.25) is 0 Å². The van der Waals surface area contributed by atoms with Crippen molar-refractivity contribution in [2.75, 3.05) is 19.7 Å². The predicted molar refractivity (Wildman–Crippen MR) is 106 cm³/mol. The Morgan fingerprint density at radius 1 is 1.15 bits per heavy atom. The van der Waals surface area contributed by atoms with E-state index < -0.39 is 0 Å². The highest BCUT2D eigenvalue weighted by Crippen LogP contribution is 2.25. The third-order valence-electron chi connectivity index (χ3n) is 4.58. The number of carbonyl (C=O) groups excluding carboxylic acids is 1. The number of amides is 2. The summed E-state index contributed by atoms with van der Waals surface area (Å²) in [5, 5.41) is 2.94. The van der Waals surface area contributed by atoms with Gasteiger partial charge in [-0.25, -0.2) is 4.79 Å². The summed E-state index contributed by atoms with van der Waals surface area (Å²) in [4.78, 5) is 14.1. The van der Waals surface area contributed by atoms with E-state index in [4.69, 9.17) is 9.47 Å². The molecule has 5 nitrogen and oxygen atoms in total. The maximum absolute atomic E-state index is 12.3. The molecule has 0 saturated heterocycles. The number of hydrogen-bond acceptors (Lipinski definition) is 3. The molecule has 1 N–H and O–H groups in total. The zero-order valence-corrected chi connectivity index (χ0v) is 16.2. The van der Waals surface area contributed by atoms with Crippen molar-refractivity contribution >= 4 is 6.03 Å². The summed E-state index contributed by atoms with van der Waals surface area (Å²) in [7, 11) is 0. The normalized spacial score (nSPS) is 13.5. The van der Waals surface area contributed by atoms with Crippen LogP contribution in [0.25, 0.3) is 0 Å². The van der Waals surface area contributed by atoms with Crippen LogP contribution in [0, 0.1) is 6.92 Å². The fourth-order valence-corrected chi connectivity index (χ4v) is 3.03. The Hall–Kier alpha value is -2.53. The zero-order valence-electron chi connectivity index (χ0n) is 16.2. The molecule has 0 fully saturated rings. The molecule has 27 heavy (non-hydrogen) atoms. The molecule has 144 valence electrons. The second-order valence-corrected chi connectivity index (χ2v) is 6.92. The molecule has 1 aliphatic rings. The number of fused-ring (bicyclic) bond motifs is 1. The predicted octanol–water partition coefficient (Wildman–Crippen LogP) is 4.03. The molecular weight excluding hydrogens is 340 g/mol. The average molecular weight is 368 g/mol. The largest absolute Gasteiger partial charge is 0.491 e. The smallest absolute Gasteiger partial charge is 0.317 e. The Morgan fingerprint density at radius 2 is 1.89 bits per heavy atom. The molecule has 0 atom stereocenters. The highest BCUT2D eigenvalue weighted by Gasteiger charge is 2.19. The van der Waals surface area contributed by atoms with Crippen molar-refractivity contribution in [3.05, 3.63) is 64.7 Å². The molecule has 2 aromatic rings. The molecule has 0 bridgehead atoms. The molecule has 0 unspecified atom stereocenters. The summed E-state index contributed by atoms with van der Waals surface area (Å²) in [5.74, 6) is 0.850. The molecule has 0 aliphatic carbocycles. The Balaban J connectivity index is 1.60. The van der Waals surface area contributed by atoms with Gasteiger partial charge in [-0.1, -0.05) is 42.8 Å². The van der Waals surface area contributed by atoms with Crippen molar-refractivity contribution in [2.24, 2.45) is 0 Å². The summed E-state index contributed by atoms with van der Waals surface area (Å²) >= 11 is 0. The summed E-state index contributed by atoms with van der Waals surface area (Å²) < 4.78 is 11.7. The lowest BCUT2D eigenvalue weighted by Gasteiger charge is -2.20. The van der Waals surface area contributed by atoms with Gasteiger partial charge in [-0.2, -0.15) is 0 Å². The summed E-state index contributed by atoms with van der Waals surface area (Å²) in [5.41, 5.74) is 4.52. The fraction of sp³-hybridized carbons (Fsp3) is 0.409. The number of hydrogen-bond donors (Lipinski definition) is 1. The van der Waals surface area contributed by atoms with E-state index in [1.807, 2.05) is 19.1 Å². The van der Waals surface area contributed by atoms with E-state index >= 15 is 0 Å². The van der Waals surface area contributed by atoms with Gasteiger partial charge in [0, 0.05) is 12.1 Å². The minimum atomic E-state index is -0.0330. The minimum absolute atomic E-state index is 0.0330. The molecule has 2 aromatic carbocycles. The van der Waals surface area contributed by atoms with Gasteiger partial charge in [0.25, 0.3) is 0 Å². The fourth-order valence-electron chi connectivity index (χ4n) is 3.03.